The fraction of sp³-hybridized carbons (Fsp3) is 0.286. The Labute approximate surface area is 123 Å². The molecule has 22 heavy (non-hydrogen) atoms. The van der Waals surface area contributed by atoms with E-state index in [-0.39, 0.29) is 22.9 Å². The molecular formula is C14H14O8. The summed E-state index contributed by atoms with van der Waals surface area (Å²) in [5, 5.41) is 58.1. The molecule has 8 heteroatoms. The first-order chi connectivity index (χ1) is 10.4. The SMILES string of the molecule is Oc1ccc2cc(C(O)C3=C[C@H](O)[C@@H](O)[C@@H](O)O3)oc2c1O. The molecule has 8 nitrogen and oxygen atoms in total. The lowest BCUT2D eigenvalue weighted by Gasteiger charge is -2.29. The van der Waals surface area contributed by atoms with Gasteiger partial charge in [-0.25, -0.2) is 0 Å². The molecule has 6 N–H and O–H groups in total. The first kappa shape index (κ1) is 14.7. The number of aliphatic hydroxyl groups is 4. The fourth-order valence-corrected chi connectivity index (χ4v) is 2.21. The van der Waals surface area contributed by atoms with Crippen molar-refractivity contribution in [3.63, 3.8) is 0 Å². The van der Waals surface area contributed by atoms with Crippen LogP contribution in [0.4, 0.5) is 0 Å². The van der Waals surface area contributed by atoms with Gasteiger partial charge in [0.05, 0.1) is 0 Å². The highest BCUT2D eigenvalue weighted by Crippen LogP contribution is 2.38. The van der Waals surface area contributed by atoms with E-state index < -0.39 is 30.4 Å². The van der Waals surface area contributed by atoms with Gasteiger partial charge in [0.25, 0.3) is 0 Å². The van der Waals surface area contributed by atoms with Crippen LogP contribution in [-0.4, -0.2) is 49.1 Å². The van der Waals surface area contributed by atoms with Gasteiger partial charge in [0.15, 0.2) is 17.4 Å². The lowest BCUT2D eigenvalue weighted by Crippen LogP contribution is -2.42. The van der Waals surface area contributed by atoms with Gasteiger partial charge in [-0.1, -0.05) is 0 Å². The van der Waals surface area contributed by atoms with Crippen molar-refractivity contribution in [1.82, 2.24) is 0 Å². The van der Waals surface area contributed by atoms with Crippen LogP contribution in [0.5, 0.6) is 11.5 Å². The van der Waals surface area contributed by atoms with Gasteiger partial charge in [-0.2, -0.15) is 0 Å². The highest BCUT2D eigenvalue weighted by molar-refractivity contribution is 5.86. The molecule has 0 fully saturated rings. The van der Waals surface area contributed by atoms with Crippen molar-refractivity contribution < 1.29 is 39.8 Å². The second-order valence-electron chi connectivity index (χ2n) is 4.96. The van der Waals surface area contributed by atoms with E-state index in [9.17, 15) is 30.6 Å². The molecule has 1 aromatic carbocycles. The molecule has 0 aliphatic carbocycles. The van der Waals surface area contributed by atoms with Crippen LogP contribution < -0.4 is 0 Å². The van der Waals surface area contributed by atoms with Crippen LogP contribution in [0.2, 0.25) is 0 Å². The predicted octanol–water partition coefficient (Wildman–Crippen LogP) is -0.168. The maximum Gasteiger partial charge on any atom is 0.226 e. The van der Waals surface area contributed by atoms with E-state index in [4.69, 9.17) is 9.15 Å². The van der Waals surface area contributed by atoms with Crippen LogP contribution >= 0.6 is 0 Å². The van der Waals surface area contributed by atoms with Gasteiger partial charge in [0.1, 0.15) is 23.7 Å². The largest absolute Gasteiger partial charge is 0.504 e. The molecule has 0 spiro atoms. The first-order valence-corrected chi connectivity index (χ1v) is 6.43. The Balaban J connectivity index is 1.97. The van der Waals surface area contributed by atoms with Crippen LogP contribution in [0.25, 0.3) is 11.0 Å². The molecule has 0 amide bonds. The Kier molecular flexibility index (Phi) is 3.45. The summed E-state index contributed by atoms with van der Waals surface area (Å²) in [4.78, 5) is 0. The fourth-order valence-electron chi connectivity index (χ4n) is 2.21. The third-order valence-corrected chi connectivity index (χ3v) is 3.43. The topological polar surface area (TPSA) is 144 Å². The molecule has 1 unspecified atom stereocenters. The third-order valence-electron chi connectivity index (χ3n) is 3.43. The van der Waals surface area contributed by atoms with E-state index in [2.05, 4.69) is 0 Å². The summed E-state index contributed by atoms with van der Waals surface area (Å²) >= 11 is 0. The number of fused-ring (bicyclic) bond motifs is 1. The van der Waals surface area contributed by atoms with Gasteiger partial charge >= 0.3 is 0 Å². The molecule has 0 saturated heterocycles. The second kappa shape index (κ2) is 5.18. The first-order valence-electron chi connectivity index (χ1n) is 6.43. The minimum atomic E-state index is -1.69. The van der Waals surface area contributed by atoms with E-state index in [0.29, 0.717) is 5.39 Å². The maximum absolute atomic E-state index is 10.2. The zero-order valence-electron chi connectivity index (χ0n) is 11.1. The minimum Gasteiger partial charge on any atom is -0.504 e. The summed E-state index contributed by atoms with van der Waals surface area (Å²) < 4.78 is 10.2. The summed E-state index contributed by atoms with van der Waals surface area (Å²) in [5.41, 5.74) is -0.0217. The zero-order chi connectivity index (χ0) is 16.0. The average Bonchev–Trinajstić information content (AvgIpc) is 2.92. The Hall–Kier alpha value is -2.26. The van der Waals surface area contributed by atoms with Gasteiger partial charge in [-0.05, 0) is 24.3 Å². The number of rotatable bonds is 2. The molecule has 0 bridgehead atoms. The number of ether oxygens (including phenoxy) is 1. The molecule has 2 aromatic rings. The second-order valence-corrected chi connectivity index (χ2v) is 4.96. The number of aromatic hydroxyl groups is 2. The van der Waals surface area contributed by atoms with Crippen molar-refractivity contribution in [2.45, 2.75) is 24.6 Å². The molecule has 1 aliphatic rings. The van der Waals surface area contributed by atoms with Gasteiger partial charge in [-0.3, -0.25) is 0 Å². The monoisotopic (exact) mass is 310 g/mol. The Morgan fingerprint density at radius 2 is 1.82 bits per heavy atom. The number of phenolic OH excluding ortho intramolecular Hbond substituents is 2. The standard InChI is InChI=1S/C14H14O8/c15-6-2-1-5-3-8(21-13(5)10(6)17)12(19)9-4-7(16)11(18)14(20)22-9/h1-4,7,11-12,14-20H/t7-,11+,12?,14-/m0/s1. The number of hydrogen-bond acceptors (Lipinski definition) is 8. The lowest BCUT2D eigenvalue weighted by molar-refractivity contribution is -0.183. The lowest BCUT2D eigenvalue weighted by atomic mass is 10.1. The van der Waals surface area contributed by atoms with Gasteiger partial charge in [0, 0.05) is 5.39 Å². The third kappa shape index (κ3) is 2.28. The molecule has 0 saturated carbocycles. The minimum absolute atomic E-state index is 0.0217. The smallest absolute Gasteiger partial charge is 0.226 e. The van der Waals surface area contributed by atoms with Gasteiger partial charge < -0.3 is 39.8 Å². The van der Waals surface area contributed by atoms with Crippen molar-refractivity contribution >= 4 is 11.0 Å². The summed E-state index contributed by atoms with van der Waals surface area (Å²) in [7, 11) is 0. The van der Waals surface area contributed by atoms with E-state index in [1.54, 1.807) is 0 Å². The molecule has 1 aromatic heterocycles. The van der Waals surface area contributed by atoms with Crippen molar-refractivity contribution in [2.24, 2.45) is 0 Å². The van der Waals surface area contributed by atoms with Gasteiger partial charge in [0.2, 0.25) is 12.0 Å². The number of hydrogen-bond donors (Lipinski definition) is 6. The van der Waals surface area contributed by atoms with Crippen molar-refractivity contribution in [1.29, 1.82) is 0 Å². The highest BCUT2D eigenvalue weighted by Gasteiger charge is 2.34. The Bertz CT molecular complexity index is 734. The normalized spacial score (nSPS) is 26.5. The van der Waals surface area contributed by atoms with Gasteiger partial charge in [-0.15, -0.1) is 0 Å². The highest BCUT2D eigenvalue weighted by atomic mass is 16.6. The van der Waals surface area contributed by atoms with Crippen molar-refractivity contribution in [3.8, 4) is 11.5 Å². The zero-order valence-corrected chi connectivity index (χ0v) is 11.1. The average molecular weight is 310 g/mol. The maximum atomic E-state index is 10.2. The Morgan fingerprint density at radius 1 is 1.09 bits per heavy atom. The van der Waals surface area contributed by atoms with Crippen LogP contribution in [0, 0.1) is 0 Å². The van der Waals surface area contributed by atoms with Crippen LogP contribution in [-0.2, 0) is 4.74 Å². The molecule has 0 radical (unpaired) electrons. The summed E-state index contributed by atoms with van der Waals surface area (Å²) in [6.07, 6.45) is -5.04. The van der Waals surface area contributed by atoms with Crippen LogP contribution in [0.3, 0.4) is 0 Å². The van der Waals surface area contributed by atoms with E-state index in [0.717, 1.165) is 6.08 Å². The molecule has 1 aliphatic heterocycles. The quantitative estimate of drug-likeness (QED) is 0.420. The number of aliphatic hydroxyl groups excluding tert-OH is 4. The van der Waals surface area contributed by atoms with Crippen LogP contribution in [0.1, 0.15) is 11.9 Å². The molecule has 4 atom stereocenters. The summed E-state index contributed by atoms with van der Waals surface area (Å²) in [6, 6.07) is 4.16. The number of phenols is 2. The molecular weight excluding hydrogens is 296 g/mol. The van der Waals surface area contributed by atoms with E-state index in [1.807, 2.05) is 0 Å². The van der Waals surface area contributed by atoms with Crippen molar-refractivity contribution in [3.05, 3.63) is 35.8 Å². The Morgan fingerprint density at radius 3 is 2.50 bits per heavy atom. The molecule has 3 rings (SSSR count). The molecule has 2 heterocycles. The predicted molar refractivity (Wildman–Crippen MR) is 71.7 cm³/mol. The summed E-state index contributed by atoms with van der Waals surface area (Å²) in [6.45, 7) is 0. The van der Waals surface area contributed by atoms with E-state index >= 15 is 0 Å². The van der Waals surface area contributed by atoms with Crippen molar-refractivity contribution in [2.75, 3.05) is 0 Å². The van der Waals surface area contributed by atoms with Crippen LogP contribution in [0.15, 0.2) is 34.5 Å². The number of furan rings is 1. The molecule has 118 valence electrons. The van der Waals surface area contributed by atoms with E-state index in [1.165, 1.54) is 18.2 Å². The number of benzene rings is 1. The summed E-state index contributed by atoms with van der Waals surface area (Å²) in [5.74, 6) is -1.07.